The molecular weight excluding hydrogens is 206 g/mol. The molecule has 5 heteroatoms. The van der Waals surface area contributed by atoms with Crippen molar-refractivity contribution in [1.29, 1.82) is 0 Å². The maximum absolute atomic E-state index is 9.97. The molecule has 0 aliphatic heterocycles. The quantitative estimate of drug-likeness (QED) is 0.428. The van der Waals surface area contributed by atoms with Gasteiger partial charge < -0.3 is 4.74 Å². The summed E-state index contributed by atoms with van der Waals surface area (Å²) in [7, 11) is 2.94. The number of nitrogens with zero attached hydrogens (tertiary/aromatic N) is 1. The van der Waals surface area contributed by atoms with Gasteiger partial charge >= 0.3 is 0 Å². The van der Waals surface area contributed by atoms with Gasteiger partial charge in [-0.1, -0.05) is 6.07 Å². The zero-order valence-electron chi connectivity index (χ0n) is 7.04. The third-order valence-electron chi connectivity index (χ3n) is 1.15. The number of carbonyl (C=O) groups excluding carboxylic acids is 1. The molecule has 0 aromatic carbocycles. The van der Waals surface area contributed by atoms with Crippen LogP contribution in [-0.4, -0.2) is 16.9 Å². The molecule has 0 aliphatic rings. The van der Waals surface area contributed by atoms with Crippen molar-refractivity contribution in [3.63, 3.8) is 0 Å². The molecule has 0 spiro atoms. The minimum absolute atomic E-state index is 0.149. The van der Waals surface area contributed by atoms with E-state index in [0.29, 0.717) is 6.47 Å². The van der Waals surface area contributed by atoms with Gasteiger partial charge in [-0.3, -0.25) is 4.79 Å². The van der Waals surface area contributed by atoms with Gasteiger partial charge in [0.05, 0.1) is 0 Å². The van der Waals surface area contributed by atoms with Crippen molar-refractivity contribution in [2.75, 3.05) is 0 Å². The van der Waals surface area contributed by atoms with E-state index in [1.165, 1.54) is 21.6 Å². The highest BCUT2D eigenvalue weighted by Crippen LogP contribution is 2.32. The van der Waals surface area contributed by atoms with E-state index in [-0.39, 0.29) is 5.44 Å². The van der Waals surface area contributed by atoms with E-state index in [2.05, 4.69) is 4.98 Å². The van der Waals surface area contributed by atoms with Crippen molar-refractivity contribution in [3.05, 3.63) is 24.4 Å². The van der Waals surface area contributed by atoms with Gasteiger partial charge in [0.1, 0.15) is 5.03 Å². The number of hydrogen-bond donors (Lipinski definition) is 0. The summed E-state index contributed by atoms with van der Waals surface area (Å²) in [6, 6.07) is 5.69. The highest BCUT2D eigenvalue weighted by atomic mass is 33.1. The lowest BCUT2D eigenvalue weighted by Crippen LogP contribution is -1.98. The third-order valence-corrected chi connectivity index (χ3v) is 3.66. The molecule has 3 nitrogen and oxygen atoms in total. The maximum atomic E-state index is 9.97. The summed E-state index contributed by atoms with van der Waals surface area (Å²) >= 11 is 0. The molecule has 1 rings (SSSR count). The van der Waals surface area contributed by atoms with Crippen LogP contribution in [0.3, 0.4) is 0 Å². The number of carbonyl (C=O) groups is 1. The standard InChI is InChI=1S/C8H9NO2S2/c1-7(11-6-10)12-13-8-4-2-3-5-9-8/h2-7H,1H3. The Morgan fingerprint density at radius 3 is 3.08 bits per heavy atom. The Bertz CT molecular complexity index is 256. The van der Waals surface area contributed by atoms with Gasteiger partial charge in [0.2, 0.25) is 0 Å². The normalized spacial score (nSPS) is 12.1. The first kappa shape index (κ1) is 10.4. The molecule has 0 amide bonds. The number of rotatable bonds is 5. The maximum Gasteiger partial charge on any atom is 0.294 e. The van der Waals surface area contributed by atoms with Crippen LogP contribution in [0.25, 0.3) is 0 Å². The average molecular weight is 215 g/mol. The van der Waals surface area contributed by atoms with Crippen molar-refractivity contribution < 1.29 is 9.53 Å². The zero-order chi connectivity index (χ0) is 9.52. The summed E-state index contributed by atoms with van der Waals surface area (Å²) in [4.78, 5) is 14.1. The molecule has 1 aromatic rings. The molecule has 13 heavy (non-hydrogen) atoms. The number of hydrogen-bond acceptors (Lipinski definition) is 5. The molecule has 0 N–H and O–H groups in total. The first-order valence-electron chi connectivity index (χ1n) is 3.66. The van der Waals surface area contributed by atoms with Crippen LogP contribution in [0.2, 0.25) is 0 Å². The minimum atomic E-state index is -0.149. The van der Waals surface area contributed by atoms with Crippen molar-refractivity contribution in [2.45, 2.75) is 17.4 Å². The second-order valence-corrected chi connectivity index (χ2v) is 4.67. The SMILES string of the molecule is CC(OC=O)SSc1ccccn1. The van der Waals surface area contributed by atoms with Crippen LogP contribution in [0, 0.1) is 0 Å². The summed E-state index contributed by atoms with van der Waals surface area (Å²) in [6.07, 6.45) is 1.73. The van der Waals surface area contributed by atoms with Crippen molar-refractivity contribution in [1.82, 2.24) is 4.98 Å². The molecule has 0 bridgehead atoms. The smallest absolute Gasteiger partial charge is 0.294 e. The minimum Gasteiger partial charge on any atom is -0.453 e. The van der Waals surface area contributed by atoms with E-state index in [1.807, 2.05) is 25.1 Å². The van der Waals surface area contributed by atoms with Gasteiger partial charge in [-0.15, -0.1) is 0 Å². The summed E-state index contributed by atoms with van der Waals surface area (Å²) in [5.41, 5.74) is -0.149. The molecule has 1 unspecified atom stereocenters. The molecule has 1 aromatic heterocycles. The van der Waals surface area contributed by atoms with Gasteiger partial charge in [0, 0.05) is 6.20 Å². The predicted molar refractivity (Wildman–Crippen MR) is 54.3 cm³/mol. The monoisotopic (exact) mass is 215 g/mol. The summed E-state index contributed by atoms with van der Waals surface area (Å²) in [6.45, 7) is 2.27. The highest BCUT2D eigenvalue weighted by molar-refractivity contribution is 8.76. The third kappa shape index (κ3) is 4.19. The molecule has 0 aliphatic carbocycles. The molecular formula is C8H9NO2S2. The van der Waals surface area contributed by atoms with E-state index in [9.17, 15) is 4.79 Å². The van der Waals surface area contributed by atoms with Gasteiger partial charge in [-0.2, -0.15) is 0 Å². The number of ether oxygens (including phenoxy) is 1. The van der Waals surface area contributed by atoms with Crippen LogP contribution >= 0.6 is 21.6 Å². The summed E-state index contributed by atoms with van der Waals surface area (Å²) < 4.78 is 4.70. The first-order valence-corrected chi connectivity index (χ1v) is 5.87. The largest absolute Gasteiger partial charge is 0.453 e. The Hall–Kier alpha value is -0.680. The lowest BCUT2D eigenvalue weighted by Gasteiger charge is -2.06. The molecule has 1 heterocycles. The van der Waals surface area contributed by atoms with E-state index in [0.717, 1.165) is 5.03 Å². The fraction of sp³-hybridized carbons (Fsp3) is 0.250. The summed E-state index contributed by atoms with van der Waals surface area (Å²) in [5, 5.41) is 0.911. The topological polar surface area (TPSA) is 39.2 Å². The van der Waals surface area contributed by atoms with Crippen molar-refractivity contribution in [2.24, 2.45) is 0 Å². The average Bonchev–Trinajstić information content (AvgIpc) is 2.17. The molecule has 0 radical (unpaired) electrons. The van der Waals surface area contributed by atoms with E-state index < -0.39 is 0 Å². The van der Waals surface area contributed by atoms with Gasteiger partial charge in [0.15, 0.2) is 5.44 Å². The van der Waals surface area contributed by atoms with E-state index in [4.69, 9.17) is 4.74 Å². The van der Waals surface area contributed by atoms with Crippen LogP contribution in [0.4, 0.5) is 0 Å². The van der Waals surface area contributed by atoms with E-state index in [1.54, 1.807) is 6.20 Å². The Morgan fingerprint density at radius 1 is 1.62 bits per heavy atom. The Labute approximate surface area is 84.7 Å². The Kier molecular flexibility index (Phi) is 4.70. The fourth-order valence-electron chi connectivity index (χ4n) is 0.614. The van der Waals surface area contributed by atoms with Crippen LogP contribution in [0.15, 0.2) is 29.4 Å². The first-order chi connectivity index (χ1) is 6.33. The zero-order valence-corrected chi connectivity index (χ0v) is 8.68. The van der Waals surface area contributed by atoms with Gasteiger partial charge in [0.25, 0.3) is 6.47 Å². The summed E-state index contributed by atoms with van der Waals surface area (Å²) in [5.74, 6) is 0. The fourth-order valence-corrected chi connectivity index (χ4v) is 2.31. The van der Waals surface area contributed by atoms with Crippen molar-refractivity contribution in [3.8, 4) is 0 Å². The Morgan fingerprint density at radius 2 is 2.46 bits per heavy atom. The number of pyridine rings is 1. The van der Waals surface area contributed by atoms with Crippen LogP contribution in [0.5, 0.6) is 0 Å². The van der Waals surface area contributed by atoms with Gasteiger partial charge in [-0.25, -0.2) is 4.98 Å². The van der Waals surface area contributed by atoms with Crippen LogP contribution in [0.1, 0.15) is 6.92 Å². The van der Waals surface area contributed by atoms with Crippen molar-refractivity contribution >= 4 is 28.1 Å². The van der Waals surface area contributed by atoms with Gasteiger partial charge in [-0.05, 0) is 40.6 Å². The lowest BCUT2D eigenvalue weighted by molar-refractivity contribution is -0.129. The lowest BCUT2D eigenvalue weighted by atomic mass is 10.5. The van der Waals surface area contributed by atoms with Crippen LogP contribution < -0.4 is 0 Å². The molecule has 70 valence electrons. The molecule has 0 saturated carbocycles. The molecule has 0 saturated heterocycles. The predicted octanol–water partition coefficient (Wildman–Crippen LogP) is 2.34. The van der Waals surface area contributed by atoms with Crippen LogP contribution in [-0.2, 0) is 9.53 Å². The molecule has 0 fully saturated rings. The second kappa shape index (κ2) is 5.88. The molecule has 1 atom stereocenters. The number of aromatic nitrogens is 1. The van der Waals surface area contributed by atoms with E-state index >= 15 is 0 Å². The second-order valence-electron chi connectivity index (χ2n) is 2.15. The highest BCUT2D eigenvalue weighted by Gasteiger charge is 2.03. The Balaban J connectivity index is 2.30.